The fourth-order valence-electron chi connectivity index (χ4n) is 2.59. The zero-order valence-electron chi connectivity index (χ0n) is 15.1. The van der Waals surface area contributed by atoms with E-state index in [4.69, 9.17) is 14.5 Å². The summed E-state index contributed by atoms with van der Waals surface area (Å²) in [6.07, 6.45) is 1.80. The Bertz CT molecular complexity index is 496. The molecule has 0 spiro atoms. The molecule has 7 heteroatoms. The highest BCUT2D eigenvalue weighted by Crippen LogP contribution is 2.24. The number of hydrogen-bond acceptors (Lipinski definition) is 4. The predicted molar refractivity (Wildman–Crippen MR) is 116 cm³/mol. The molecule has 1 aromatic carbocycles. The number of rotatable bonds is 8. The van der Waals surface area contributed by atoms with E-state index in [1.54, 1.807) is 7.11 Å². The van der Waals surface area contributed by atoms with Gasteiger partial charge in [0, 0.05) is 56.9 Å². The lowest BCUT2D eigenvalue weighted by atomic mass is 9.94. The van der Waals surface area contributed by atoms with E-state index in [1.165, 1.54) is 4.90 Å². The molecule has 0 unspecified atom stereocenters. The molecule has 5 nitrogen and oxygen atoms in total. The zero-order chi connectivity index (χ0) is 17.1. The molecular weight excluding hydrogens is 449 g/mol. The van der Waals surface area contributed by atoms with Crippen LogP contribution in [0.15, 0.2) is 40.2 Å². The van der Waals surface area contributed by atoms with Crippen molar-refractivity contribution in [2.24, 2.45) is 4.99 Å². The van der Waals surface area contributed by atoms with E-state index in [9.17, 15) is 0 Å². The largest absolute Gasteiger partial charge is 0.381 e. The number of thioether (sulfide) groups is 1. The van der Waals surface area contributed by atoms with Crippen molar-refractivity contribution in [2.45, 2.75) is 30.3 Å². The summed E-state index contributed by atoms with van der Waals surface area (Å²) in [5.74, 6) is 1.85. The van der Waals surface area contributed by atoms with Crippen LogP contribution in [0.1, 0.15) is 19.8 Å². The monoisotopic (exact) mass is 479 g/mol. The topological polar surface area (TPSA) is 54.9 Å². The van der Waals surface area contributed by atoms with E-state index < -0.39 is 0 Å². The molecule has 0 aromatic heterocycles. The first-order valence-electron chi connectivity index (χ1n) is 8.61. The van der Waals surface area contributed by atoms with Crippen molar-refractivity contribution in [1.82, 2.24) is 10.6 Å². The van der Waals surface area contributed by atoms with Crippen LogP contribution in [0.2, 0.25) is 0 Å². The van der Waals surface area contributed by atoms with Crippen LogP contribution in [0.25, 0.3) is 0 Å². The molecule has 1 aliphatic heterocycles. The summed E-state index contributed by atoms with van der Waals surface area (Å²) >= 11 is 1.84. The third-order valence-corrected chi connectivity index (χ3v) is 5.13. The second kappa shape index (κ2) is 12.8. The summed E-state index contributed by atoms with van der Waals surface area (Å²) in [6, 6.07) is 10.5. The Morgan fingerprint density at radius 2 is 1.96 bits per heavy atom. The van der Waals surface area contributed by atoms with Crippen molar-refractivity contribution in [3.63, 3.8) is 0 Å². The van der Waals surface area contributed by atoms with Gasteiger partial charge in [-0.25, -0.2) is 0 Å². The molecule has 142 valence electrons. The molecule has 0 radical (unpaired) electrons. The summed E-state index contributed by atoms with van der Waals surface area (Å²) in [7, 11) is 1.78. The smallest absolute Gasteiger partial charge is 0.191 e. The molecule has 1 aliphatic rings. The van der Waals surface area contributed by atoms with E-state index >= 15 is 0 Å². The zero-order valence-corrected chi connectivity index (χ0v) is 18.3. The highest BCUT2D eigenvalue weighted by atomic mass is 127. The lowest BCUT2D eigenvalue weighted by Crippen LogP contribution is -2.44. The standard InChI is InChI=1S/C18H29N3O2S.HI/c1-3-19-17(20-11-14-24-16-7-5-4-6-8-16)21-15-18(22-2)9-12-23-13-10-18;/h4-8H,3,9-15H2,1-2H3,(H2,19,20,21);1H. The molecule has 0 saturated carbocycles. The van der Waals surface area contributed by atoms with Gasteiger partial charge in [-0.15, -0.1) is 35.7 Å². The van der Waals surface area contributed by atoms with Gasteiger partial charge in [-0.05, 0) is 19.1 Å². The molecule has 1 saturated heterocycles. The number of hydrogen-bond donors (Lipinski definition) is 2. The number of methoxy groups -OCH3 is 1. The van der Waals surface area contributed by atoms with Crippen molar-refractivity contribution in [3.05, 3.63) is 30.3 Å². The molecule has 0 aliphatic carbocycles. The van der Waals surface area contributed by atoms with Crippen LogP contribution in [0.3, 0.4) is 0 Å². The van der Waals surface area contributed by atoms with Crippen LogP contribution in [0, 0.1) is 0 Å². The Kier molecular flexibility index (Phi) is 11.5. The van der Waals surface area contributed by atoms with Gasteiger partial charge in [0.1, 0.15) is 0 Å². The lowest BCUT2D eigenvalue weighted by molar-refractivity contribution is -0.0828. The summed E-state index contributed by atoms with van der Waals surface area (Å²) in [5.41, 5.74) is -0.181. The minimum absolute atomic E-state index is 0. The highest BCUT2D eigenvalue weighted by Gasteiger charge is 2.32. The summed E-state index contributed by atoms with van der Waals surface area (Å²) in [4.78, 5) is 6.02. The molecule has 25 heavy (non-hydrogen) atoms. The first kappa shape index (κ1) is 22.5. The minimum Gasteiger partial charge on any atom is -0.381 e. The van der Waals surface area contributed by atoms with E-state index in [2.05, 4.69) is 41.8 Å². The van der Waals surface area contributed by atoms with Crippen LogP contribution >= 0.6 is 35.7 Å². The summed E-state index contributed by atoms with van der Waals surface area (Å²) in [5, 5.41) is 6.71. The van der Waals surface area contributed by atoms with E-state index in [0.717, 1.165) is 50.9 Å². The number of nitrogens with one attached hydrogen (secondary N) is 2. The van der Waals surface area contributed by atoms with Gasteiger partial charge in [0.25, 0.3) is 0 Å². The Morgan fingerprint density at radius 3 is 2.60 bits per heavy atom. The third kappa shape index (κ3) is 8.15. The van der Waals surface area contributed by atoms with Gasteiger partial charge >= 0.3 is 0 Å². The number of halogens is 1. The van der Waals surface area contributed by atoms with E-state index in [1.807, 2.05) is 17.8 Å². The maximum atomic E-state index is 5.74. The fourth-order valence-corrected chi connectivity index (χ4v) is 3.38. The number of benzene rings is 1. The van der Waals surface area contributed by atoms with Gasteiger partial charge in [0.2, 0.25) is 0 Å². The third-order valence-electron chi connectivity index (χ3n) is 4.11. The second-order valence-corrected chi connectivity index (χ2v) is 6.95. The quantitative estimate of drug-likeness (QED) is 0.197. The second-order valence-electron chi connectivity index (χ2n) is 5.78. The Morgan fingerprint density at radius 1 is 1.24 bits per heavy atom. The average Bonchev–Trinajstić information content (AvgIpc) is 2.65. The van der Waals surface area contributed by atoms with Gasteiger partial charge in [-0.3, -0.25) is 4.99 Å². The van der Waals surface area contributed by atoms with Crippen molar-refractivity contribution in [1.29, 1.82) is 0 Å². The van der Waals surface area contributed by atoms with Crippen LogP contribution in [-0.2, 0) is 9.47 Å². The van der Waals surface area contributed by atoms with Gasteiger partial charge in [-0.1, -0.05) is 18.2 Å². The maximum absolute atomic E-state index is 5.74. The Balaban J connectivity index is 0.00000312. The normalized spacial score (nSPS) is 16.8. The van der Waals surface area contributed by atoms with Gasteiger partial charge in [0.05, 0.1) is 12.1 Å². The molecule has 1 fully saturated rings. The van der Waals surface area contributed by atoms with Gasteiger partial charge in [-0.2, -0.15) is 0 Å². The Hall–Kier alpha value is -0.510. The van der Waals surface area contributed by atoms with Crippen molar-refractivity contribution in [2.75, 3.05) is 45.7 Å². The first-order chi connectivity index (χ1) is 11.8. The van der Waals surface area contributed by atoms with Crippen molar-refractivity contribution in [3.8, 4) is 0 Å². The minimum atomic E-state index is -0.181. The van der Waals surface area contributed by atoms with E-state index in [-0.39, 0.29) is 29.6 Å². The molecule has 0 atom stereocenters. The highest BCUT2D eigenvalue weighted by molar-refractivity contribution is 14.0. The molecule has 0 amide bonds. The van der Waals surface area contributed by atoms with Crippen LogP contribution in [0.4, 0.5) is 0 Å². The van der Waals surface area contributed by atoms with Crippen LogP contribution < -0.4 is 10.6 Å². The Labute approximate surface area is 172 Å². The van der Waals surface area contributed by atoms with Crippen LogP contribution in [0.5, 0.6) is 0 Å². The average molecular weight is 479 g/mol. The predicted octanol–water partition coefficient (Wildman–Crippen LogP) is 3.15. The maximum Gasteiger partial charge on any atom is 0.191 e. The molecule has 0 bridgehead atoms. The number of ether oxygens (including phenoxy) is 2. The van der Waals surface area contributed by atoms with Crippen molar-refractivity contribution >= 4 is 41.7 Å². The lowest BCUT2D eigenvalue weighted by Gasteiger charge is -2.34. The first-order valence-corrected chi connectivity index (χ1v) is 9.59. The van der Waals surface area contributed by atoms with Crippen molar-refractivity contribution < 1.29 is 9.47 Å². The van der Waals surface area contributed by atoms with Gasteiger partial charge in [0.15, 0.2) is 5.96 Å². The SMILES string of the molecule is CCNC(=NCC1(OC)CCOCC1)NCCSc1ccccc1.I. The molecular formula is C18H30IN3O2S. The molecule has 2 N–H and O–H groups in total. The fraction of sp³-hybridized carbons (Fsp3) is 0.611. The summed E-state index contributed by atoms with van der Waals surface area (Å²) < 4.78 is 11.2. The van der Waals surface area contributed by atoms with Gasteiger partial charge < -0.3 is 20.1 Å². The molecule has 1 heterocycles. The molecule has 1 aromatic rings. The number of nitrogens with zero attached hydrogens (tertiary/aromatic N) is 1. The molecule has 2 rings (SSSR count). The van der Waals surface area contributed by atoms with Crippen LogP contribution in [-0.4, -0.2) is 57.3 Å². The number of guanidine groups is 1. The summed E-state index contributed by atoms with van der Waals surface area (Å²) in [6.45, 7) is 5.96. The number of aliphatic imine (C=N–C) groups is 1. The van der Waals surface area contributed by atoms with E-state index in [0.29, 0.717) is 6.54 Å².